The number of aliphatic hydroxyl groups is 2. The number of fused-ring (bicyclic) bond motifs is 3. The number of allylic oxidation sites excluding steroid dienone is 3. The van der Waals surface area contributed by atoms with Crippen LogP contribution in [0.1, 0.15) is 123 Å². The molecule has 2 N–H and O–H groups in total. The van der Waals surface area contributed by atoms with Gasteiger partial charge in [-0.25, -0.2) is 9.18 Å². The van der Waals surface area contributed by atoms with Crippen molar-refractivity contribution < 1.29 is 67.0 Å². The molecule has 374 valence electrons. The number of carbonyl (C=O) groups excluding carboxylic acids is 5. The fourth-order valence-electron chi connectivity index (χ4n) is 10.5. The molecule has 0 radical (unpaired) electrons. The van der Waals surface area contributed by atoms with Crippen LogP contribution in [0.5, 0.6) is 0 Å². The first-order chi connectivity index (χ1) is 31.7. The van der Waals surface area contributed by atoms with Gasteiger partial charge in [0, 0.05) is 62.6 Å². The van der Waals surface area contributed by atoms with Crippen molar-refractivity contribution in [3.63, 3.8) is 0 Å². The van der Waals surface area contributed by atoms with Crippen LogP contribution in [0, 0.1) is 35.4 Å². The summed E-state index contributed by atoms with van der Waals surface area (Å²) in [4.78, 5) is 71.2. The van der Waals surface area contributed by atoms with Gasteiger partial charge in [-0.2, -0.15) is 0 Å². The number of Topliss-reactive ketones (excluding diaryl/α,β-unsaturated/α-hetero) is 3. The van der Waals surface area contributed by atoms with Gasteiger partial charge < -0.3 is 43.5 Å². The van der Waals surface area contributed by atoms with E-state index in [-0.39, 0.29) is 60.6 Å². The molecule has 3 aliphatic heterocycles. The summed E-state index contributed by atoms with van der Waals surface area (Å²) in [6.07, 6.45) is 3.03. The fraction of sp³-hybridized carbons (Fsp3) is 0.706. The van der Waals surface area contributed by atoms with Crippen LogP contribution < -0.4 is 0 Å². The Morgan fingerprint density at radius 2 is 1.63 bits per heavy atom. The summed E-state index contributed by atoms with van der Waals surface area (Å²) in [6.45, 7) is 10.8. The number of piperidine rings is 1. The normalized spacial score (nSPS) is 36.6. The predicted molar refractivity (Wildman–Crippen MR) is 248 cm³/mol. The van der Waals surface area contributed by atoms with Gasteiger partial charge in [0.05, 0.1) is 30.5 Å². The quantitative estimate of drug-likeness (QED) is 0.104. The molecule has 2 saturated heterocycles. The minimum Gasteiger partial charge on any atom is -0.456 e. The topological polar surface area (TPSA) is 184 Å². The number of benzene rings is 1. The van der Waals surface area contributed by atoms with E-state index in [4.69, 9.17) is 40.0 Å². The first kappa shape index (κ1) is 54.5. The van der Waals surface area contributed by atoms with Gasteiger partial charge in [0.25, 0.3) is 11.7 Å². The minimum absolute atomic E-state index is 0.00462. The molecule has 2 bridgehead atoms. The Morgan fingerprint density at radius 3 is 2.28 bits per heavy atom. The third-order valence-corrected chi connectivity index (χ3v) is 14.7. The van der Waals surface area contributed by atoms with E-state index in [2.05, 4.69) is 0 Å². The number of ketones is 3. The highest BCUT2D eigenvalue weighted by Gasteiger charge is 2.56. The second-order valence-corrected chi connectivity index (χ2v) is 20.0. The molecule has 3 fully saturated rings. The highest BCUT2D eigenvalue weighted by Crippen LogP contribution is 2.39. The highest BCUT2D eigenvalue weighted by atomic mass is 35.5. The Bertz CT molecular complexity index is 1960. The van der Waals surface area contributed by atoms with Gasteiger partial charge >= 0.3 is 5.97 Å². The number of amides is 1. The highest BCUT2D eigenvalue weighted by molar-refractivity contribution is 6.39. The van der Waals surface area contributed by atoms with Crippen molar-refractivity contribution in [3.8, 4) is 0 Å². The Kier molecular flexibility index (Phi) is 19.9. The fourth-order valence-corrected chi connectivity index (χ4v) is 10.8. The summed E-state index contributed by atoms with van der Waals surface area (Å²) < 4.78 is 50.1. The molecule has 16 heteroatoms. The molecule has 1 aromatic carbocycles. The average Bonchev–Trinajstić information content (AvgIpc) is 3.30. The maximum Gasteiger partial charge on any atom is 0.329 e. The lowest BCUT2D eigenvalue weighted by Crippen LogP contribution is -2.64. The number of esters is 1. The van der Waals surface area contributed by atoms with E-state index in [0.717, 1.165) is 22.6 Å². The SMILES string of the molecule is CCC1/C=C(\C)CC(C)CC(OC)C2OC(O)(C(=O)C(=O)N3CCCCC3C(=O)OC(C(C)=CC3CCC(OCC(=O)c4cc(F)cc(Cl)c4)C(OC)C3)C(C)C(O)CC1=O)C(C)CC2OC. The summed E-state index contributed by atoms with van der Waals surface area (Å²) in [5, 5.41) is 24.0. The third kappa shape index (κ3) is 13.5. The van der Waals surface area contributed by atoms with Crippen LogP contribution in [0.25, 0.3) is 0 Å². The van der Waals surface area contributed by atoms with Gasteiger partial charge in [-0.15, -0.1) is 0 Å². The number of cyclic esters (lactones) is 1. The molecule has 5 rings (SSSR count). The molecule has 14 unspecified atom stereocenters. The predicted octanol–water partition coefficient (Wildman–Crippen LogP) is 7.17. The first-order valence-corrected chi connectivity index (χ1v) is 24.3. The molecule has 1 aliphatic carbocycles. The number of halogens is 2. The maximum atomic E-state index is 14.5. The van der Waals surface area contributed by atoms with Crippen LogP contribution in [-0.2, 0) is 47.6 Å². The Balaban J connectivity index is 1.45. The monoisotopic (exact) mass is 961 g/mol. The Hall–Kier alpha value is -3.41. The standard InChI is InChI=1S/C51H73ClFNO13/c1-10-34-18-28(2)17-29(3)19-44(63-8)47-45(64-9)21-31(5)51(61,67-47)48(58)49(59)54-16-12-11-13-38(54)50(60)66-46(32(6)39(55)26-40(34)56)30(4)20-33-14-15-42(43(22-33)62-7)65-27-41(57)35-23-36(52)25-37(53)24-35/h18,20,23-25,29,31-34,38-39,42-47,55,61H,10-17,19,21-22,26-27H2,1-9H3/b28-18+,30-20?. The van der Waals surface area contributed by atoms with Crippen LogP contribution >= 0.6 is 11.6 Å². The van der Waals surface area contributed by atoms with Crippen LogP contribution in [0.3, 0.4) is 0 Å². The van der Waals surface area contributed by atoms with Crippen LogP contribution in [0.4, 0.5) is 4.39 Å². The number of nitrogens with zero attached hydrogens (tertiary/aromatic N) is 1. The van der Waals surface area contributed by atoms with Gasteiger partial charge in [0.15, 0.2) is 5.78 Å². The summed E-state index contributed by atoms with van der Waals surface area (Å²) >= 11 is 5.97. The van der Waals surface area contributed by atoms with Crippen molar-refractivity contribution >= 4 is 40.8 Å². The zero-order valence-electron chi connectivity index (χ0n) is 40.7. The van der Waals surface area contributed by atoms with Crippen molar-refractivity contribution in [1.82, 2.24) is 4.90 Å². The van der Waals surface area contributed by atoms with Crippen LogP contribution in [0.15, 0.2) is 41.5 Å². The molecule has 0 spiro atoms. The van der Waals surface area contributed by atoms with Crippen molar-refractivity contribution in [2.24, 2.45) is 29.6 Å². The van der Waals surface area contributed by atoms with Gasteiger partial charge in [0.1, 0.15) is 36.5 Å². The van der Waals surface area contributed by atoms with E-state index in [0.29, 0.717) is 56.9 Å². The van der Waals surface area contributed by atoms with Gasteiger partial charge in [-0.3, -0.25) is 19.2 Å². The zero-order chi connectivity index (χ0) is 49.3. The molecule has 1 aromatic rings. The van der Waals surface area contributed by atoms with Crippen LogP contribution in [-0.4, -0.2) is 133 Å². The number of methoxy groups -OCH3 is 3. The van der Waals surface area contributed by atoms with Gasteiger partial charge in [-0.05, 0) is 114 Å². The number of carbonyl (C=O) groups is 5. The molecule has 1 saturated carbocycles. The van der Waals surface area contributed by atoms with Crippen molar-refractivity contribution in [1.29, 1.82) is 0 Å². The molecule has 67 heavy (non-hydrogen) atoms. The zero-order valence-corrected chi connectivity index (χ0v) is 41.4. The van der Waals surface area contributed by atoms with E-state index in [1.54, 1.807) is 27.9 Å². The lowest BCUT2D eigenvalue weighted by molar-refractivity contribution is -0.302. The molecular weight excluding hydrogens is 889 g/mol. The van der Waals surface area contributed by atoms with E-state index < -0.39 is 102 Å². The Labute approximate surface area is 400 Å². The molecule has 1 amide bonds. The first-order valence-electron chi connectivity index (χ1n) is 24.0. The Morgan fingerprint density at radius 1 is 0.940 bits per heavy atom. The van der Waals surface area contributed by atoms with Gasteiger partial charge in [0.2, 0.25) is 5.79 Å². The number of aliphatic hydroxyl groups excluding tert-OH is 1. The molecule has 14 nitrogen and oxygen atoms in total. The maximum absolute atomic E-state index is 14.5. The van der Waals surface area contributed by atoms with Crippen molar-refractivity contribution in [2.45, 2.75) is 167 Å². The number of rotatable bonds is 10. The number of hydrogen-bond acceptors (Lipinski definition) is 13. The lowest BCUT2D eigenvalue weighted by atomic mass is 9.81. The molecular formula is C51H73ClFNO13. The lowest BCUT2D eigenvalue weighted by Gasteiger charge is -2.47. The molecule has 3 heterocycles. The summed E-state index contributed by atoms with van der Waals surface area (Å²) in [7, 11) is 4.59. The molecule has 4 aliphatic rings. The van der Waals surface area contributed by atoms with E-state index in [1.165, 1.54) is 20.3 Å². The van der Waals surface area contributed by atoms with E-state index in [1.807, 2.05) is 32.9 Å². The number of ether oxygens (including phenoxy) is 6. The van der Waals surface area contributed by atoms with Crippen LogP contribution in [0.2, 0.25) is 5.02 Å². The largest absolute Gasteiger partial charge is 0.456 e. The second kappa shape index (κ2) is 24.4. The van der Waals surface area contributed by atoms with E-state index >= 15 is 0 Å². The molecule has 14 atom stereocenters. The second-order valence-electron chi connectivity index (χ2n) is 19.5. The third-order valence-electron chi connectivity index (χ3n) is 14.5. The molecule has 0 aromatic heterocycles. The number of hydrogen-bond donors (Lipinski definition) is 2. The minimum atomic E-state index is -2.54. The summed E-state index contributed by atoms with van der Waals surface area (Å²) in [5.74, 6) is -9.03. The van der Waals surface area contributed by atoms with Gasteiger partial charge in [-0.1, -0.05) is 57.0 Å². The average molecular weight is 963 g/mol. The van der Waals surface area contributed by atoms with Crippen molar-refractivity contribution in [2.75, 3.05) is 34.5 Å². The van der Waals surface area contributed by atoms with E-state index in [9.17, 15) is 38.6 Å². The summed E-state index contributed by atoms with van der Waals surface area (Å²) in [6, 6.07) is 2.43. The smallest absolute Gasteiger partial charge is 0.329 e. The summed E-state index contributed by atoms with van der Waals surface area (Å²) in [5.41, 5.74) is 1.67. The van der Waals surface area contributed by atoms with Crippen molar-refractivity contribution in [3.05, 3.63) is 57.9 Å².